The Hall–Kier alpha value is -4.06. The average Bonchev–Trinajstić information content (AvgIpc) is 3.35. The fraction of sp³-hybridized carbons (Fsp3) is 0.281. The number of hydrogen-bond donors (Lipinski definition) is 2. The molecule has 1 aromatic heterocycles. The molecule has 0 spiro atoms. The van der Waals surface area contributed by atoms with E-state index in [2.05, 4.69) is 11.4 Å². The van der Waals surface area contributed by atoms with Crippen LogP contribution in [0.2, 0.25) is 5.02 Å². The number of carbonyl (C=O) groups is 2. The molecule has 1 heterocycles. The second-order valence-electron chi connectivity index (χ2n) is 10.3. The first-order valence-corrected chi connectivity index (χ1v) is 14.7. The van der Waals surface area contributed by atoms with Crippen LogP contribution in [0.1, 0.15) is 46.5 Å². The van der Waals surface area contributed by atoms with Gasteiger partial charge in [-0.15, -0.1) is 11.3 Å². The van der Waals surface area contributed by atoms with E-state index in [0.717, 1.165) is 52.5 Å². The molecule has 0 radical (unpaired) electrons. The van der Waals surface area contributed by atoms with E-state index in [4.69, 9.17) is 21.4 Å². The van der Waals surface area contributed by atoms with E-state index in [-0.39, 0.29) is 17.9 Å². The number of carboxylic acid groups (broad SMARTS) is 1. The van der Waals surface area contributed by atoms with Crippen molar-refractivity contribution in [1.82, 2.24) is 10.2 Å². The zero-order valence-electron chi connectivity index (χ0n) is 22.6. The Balaban J connectivity index is 1.48. The van der Waals surface area contributed by atoms with Gasteiger partial charge >= 0.3 is 6.09 Å². The third kappa shape index (κ3) is 6.32. The van der Waals surface area contributed by atoms with Gasteiger partial charge in [0, 0.05) is 34.8 Å². The standard InChI is InChI=1S/C32H30ClN3O4S/c1-40-27-15-12-23(22-10-6-20(17-34)7-11-22)16-24(27)19-36(25-13-8-21(9-14-25)18-35-32(38)39)31(37)30-29(33)26-4-2-3-5-28(26)41-30/h2-7,10-12,15-16,21,25,35H,8-9,13-14,18-19H2,1H3,(H,38,39). The fourth-order valence-corrected chi connectivity index (χ4v) is 7.01. The number of halogens is 1. The summed E-state index contributed by atoms with van der Waals surface area (Å²) in [5.41, 5.74) is 3.38. The largest absolute Gasteiger partial charge is 0.496 e. The minimum atomic E-state index is -1.02. The maximum Gasteiger partial charge on any atom is 0.404 e. The lowest BCUT2D eigenvalue weighted by Crippen LogP contribution is -2.43. The molecule has 1 saturated carbocycles. The predicted molar refractivity (Wildman–Crippen MR) is 162 cm³/mol. The number of hydrogen-bond acceptors (Lipinski definition) is 5. The van der Waals surface area contributed by atoms with Gasteiger partial charge in [-0.1, -0.05) is 48.0 Å². The monoisotopic (exact) mass is 587 g/mol. The Bertz CT molecular complexity index is 1600. The van der Waals surface area contributed by atoms with Crippen LogP contribution in [0.4, 0.5) is 4.79 Å². The molecule has 9 heteroatoms. The van der Waals surface area contributed by atoms with Gasteiger partial charge in [0.15, 0.2) is 0 Å². The fourth-order valence-electron chi connectivity index (χ4n) is 5.54. The van der Waals surface area contributed by atoms with Gasteiger partial charge in [0.2, 0.25) is 0 Å². The number of nitrogens with one attached hydrogen (secondary N) is 1. The lowest BCUT2D eigenvalue weighted by atomic mass is 9.85. The van der Waals surface area contributed by atoms with Crippen LogP contribution in [0.15, 0.2) is 66.7 Å². The molecule has 7 nitrogen and oxygen atoms in total. The average molecular weight is 588 g/mol. The van der Waals surface area contributed by atoms with Crippen molar-refractivity contribution < 1.29 is 19.4 Å². The molecule has 3 aromatic carbocycles. The third-order valence-corrected chi connectivity index (χ3v) is 9.42. The molecular weight excluding hydrogens is 558 g/mol. The molecule has 0 aliphatic heterocycles. The van der Waals surface area contributed by atoms with Crippen molar-refractivity contribution in [2.75, 3.05) is 13.7 Å². The van der Waals surface area contributed by atoms with Crippen molar-refractivity contribution in [3.8, 4) is 22.9 Å². The molecule has 210 valence electrons. The second kappa shape index (κ2) is 12.6. The molecule has 2 N–H and O–H groups in total. The molecule has 2 amide bonds. The molecule has 1 fully saturated rings. The molecule has 1 aliphatic rings. The highest BCUT2D eigenvalue weighted by atomic mass is 35.5. The predicted octanol–water partition coefficient (Wildman–Crippen LogP) is 7.57. The summed E-state index contributed by atoms with van der Waals surface area (Å²) in [5, 5.41) is 22.0. The summed E-state index contributed by atoms with van der Waals surface area (Å²) in [7, 11) is 1.62. The number of thiophene rings is 1. The van der Waals surface area contributed by atoms with E-state index in [1.54, 1.807) is 19.2 Å². The first-order valence-electron chi connectivity index (χ1n) is 13.5. The summed E-state index contributed by atoms with van der Waals surface area (Å²) in [6, 6.07) is 23.2. The highest BCUT2D eigenvalue weighted by molar-refractivity contribution is 7.21. The van der Waals surface area contributed by atoms with E-state index >= 15 is 0 Å². The normalized spacial score (nSPS) is 16.6. The molecule has 5 rings (SSSR count). The van der Waals surface area contributed by atoms with Crippen LogP contribution in [-0.4, -0.2) is 41.7 Å². The Morgan fingerprint density at radius 3 is 2.44 bits per heavy atom. The summed E-state index contributed by atoms with van der Waals surface area (Å²) in [6.07, 6.45) is 2.14. The number of fused-ring (bicyclic) bond motifs is 1. The van der Waals surface area contributed by atoms with E-state index in [0.29, 0.717) is 34.3 Å². The number of benzene rings is 3. The van der Waals surface area contributed by atoms with Crippen LogP contribution in [0.5, 0.6) is 5.75 Å². The topological polar surface area (TPSA) is 103 Å². The van der Waals surface area contributed by atoms with Gasteiger partial charge in [0.1, 0.15) is 10.6 Å². The Morgan fingerprint density at radius 1 is 1.07 bits per heavy atom. The van der Waals surface area contributed by atoms with Gasteiger partial charge < -0.3 is 20.1 Å². The number of nitriles is 1. The molecule has 1 aliphatic carbocycles. The van der Waals surface area contributed by atoms with Gasteiger partial charge in [0.05, 0.1) is 23.8 Å². The van der Waals surface area contributed by atoms with E-state index in [1.165, 1.54) is 11.3 Å². The van der Waals surface area contributed by atoms with E-state index in [9.17, 15) is 14.9 Å². The highest BCUT2D eigenvalue weighted by Gasteiger charge is 2.32. The van der Waals surface area contributed by atoms with Gasteiger partial charge in [-0.3, -0.25) is 4.79 Å². The quantitative estimate of drug-likeness (QED) is 0.221. The number of methoxy groups -OCH3 is 1. The summed E-state index contributed by atoms with van der Waals surface area (Å²) < 4.78 is 6.68. The first kappa shape index (κ1) is 28.5. The zero-order chi connectivity index (χ0) is 28.9. The van der Waals surface area contributed by atoms with Crippen LogP contribution in [0.3, 0.4) is 0 Å². The number of ether oxygens (including phenoxy) is 1. The van der Waals surface area contributed by atoms with Crippen molar-refractivity contribution in [2.24, 2.45) is 5.92 Å². The van der Waals surface area contributed by atoms with Gasteiger partial charge in [-0.25, -0.2) is 4.79 Å². The molecule has 41 heavy (non-hydrogen) atoms. The molecule has 0 saturated heterocycles. The van der Waals surface area contributed by atoms with E-state index < -0.39 is 6.09 Å². The maximum absolute atomic E-state index is 14.3. The lowest BCUT2D eigenvalue weighted by Gasteiger charge is -2.37. The summed E-state index contributed by atoms with van der Waals surface area (Å²) in [6.45, 7) is 0.748. The Labute approximate surface area is 247 Å². The smallest absolute Gasteiger partial charge is 0.404 e. The molecule has 0 bridgehead atoms. The van der Waals surface area contributed by atoms with Crippen molar-refractivity contribution in [2.45, 2.75) is 38.3 Å². The Kier molecular flexibility index (Phi) is 8.77. The summed E-state index contributed by atoms with van der Waals surface area (Å²) in [4.78, 5) is 27.7. The van der Waals surface area contributed by atoms with Gasteiger partial charge in [-0.2, -0.15) is 5.26 Å². The summed E-state index contributed by atoms with van der Waals surface area (Å²) in [5.74, 6) is 0.803. The molecule has 4 aromatic rings. The van der Waals surface area contributed by atoms with Crippen molar-refractivity contribution in [3.05, 3.63) is 87.8 Å². The van der Waals surface area contributed by atoms with Crippen LogP contribution >= 0.6 is 22.9 Å². The van der Waals surface area contributed by atoms with Crippen LogP contribution in [0, 0.1) is 17.2 Å². The molecule has 0 atom stereocenters. The number of rotatable bonds is 8. The number of nitrogens with zero attached hydrogens (tertiary/aromatic N) is 2. The maximum atomic E-state index is 14.3. The second-order valence-corrected chi connectivity index (χ2v) is 11.7. The van der Waals surface area contributed by atoms with Crippen molar-refractivity contribution in [1.29, 1.82) is 5.26 Å². The molecule has 0 unspecified atom stereocenters. The first-order chi connectivity index (χ1) is 19.9. The van der Waals surface area contributed by atoms with Crippen molar-refractivity contribution in [3.63, 3.8) is 0 Å². The lowest BCUT2D eigenvalue weighted by molar-refractivity contribution is 0.0592. The highest BCUT2D eigenvalue weighted by Crippen LogP contribution is 2.39. The number of carbonyl (C=O) groups excluding carboxylic acids is 1. The van der Waals surface area contributed by atoms with Gasteiger partial charge in [0.25, 0.3) is 5.91 Å². The van der Waals surface area contributed by atoms with Crippen LogP contribution < -0.4 is 10.1 Å². The minimum Gasteiger partial charge on any atom is -0.496 e. The molecular formula is C32H30ClN3O4S. The third-order valence-electron chi connectivity index (χ3n) is 7.76. The zero-order valence-corrected chi connectivity index (χ0v) is 24.2. The van der Waals surface area contributed by atoms with Crippen LogP contribution in [0.25, 0.3) is 21.2 Å². The summed E-state index contributed by atoms with van der Waals surface area (Å²) >= 11 is 8.18. The van der Waals surface area contributed by atoms with Crippen molar-refractivity contribution >= 4 is 45.0 Å². The SMILES string of the molecule is COc1ccc(-c2ccc(C#N)cc2)cc1CN(C(=O)c1sc2ccccc2c1Cl)C1CCC(CNC(=O)O)CC1. The Morgan fingerprint density at radius 2 is 1.78 bits per heavy atom. The number of amides is 2. The van der Waals surface area contributed by atoms with E-state index in [1.807, 2.05) is 59.5 Å². The van der Waals surface area contributed by atoms with Crippen LogP contribution in [-0.2, 0) is 6.54 Å². The van der Waals surface area contributed by atoms with Gasteiger partial charge in [-0.05, 0) is 73.1 Å². The minimum absolute atomic E-state index is 0.0341.